The summed E-state index contributed by atoms with van der Waals surface area (Å²) in [6, 6.07) is 30.8. The highest BCUT2D eigenvalue weighted by molar-refractivity contribution is 8.00. The van der Waals surface area contributed by atoms with E-state index in [1.54, 1.807) is 11.8 Å². The van der Waals surface area contributed by atoms with Crippen molar-refractivity contribution in [2.45, 2.75) is 30.5 Å². The first kappa shape index (κ1) is 25.5. The summed E-state index contributed by atoms with van der Waals surface area (Å²) in [5.41, 5.74) is 10.3. The molecule has 4 rings (SSSR count). The van der Waals surface area contributed by atoms with Crippen molar-refractivity contribution in [1.82, 2.24) is 4.98 Å². The van der Waals surface area contributed by atoms with E-state index in [-0.39, 0.29) is 22.9 Å². The fourth-order valence-electron chi connectivity index (χ4n) is 4.04. The van der Waals surface area contributed by atoms with Gasteiger partial charge in [0.05, 0.1) is 10.8 Å². The van der Waals surface area contributed by atoms with E-state index < -0.39 is 5.25 Å². The van der Waals surface area contributed by atoms with Crippen molar-refractivity contribution in [2.24, 2.45) is 0 Å². The molecule has 0 saturated heterocycles. The van der Waals surface area contributed by atoms with Crippen LogP contribution in [0.3, 0.4) is 0 Å². The number of para-hydroxylation sites is 2. The second kappa shape index (κ2) is 11.4. The van der Waals surface area contributed by atoms with Crippen molar-refractivity contribution in [3.63, 3.8) is 0 Å². The Kier molecular flexibility index (Phi) is 7.88. The average molecular weight is 504 g/mol. The number of nitrogens with zero attached hydrogens (tertiary/aromatic N) is 4. The number of nitrogen functional groups attached to an aromatic ring is 1. The van der Waals surface area contributed by atoms with E-state index >= 15 is 0 Å². The zero-order chi connectivity index (χ0) is 26.4. The third-order valence-electron chi connectivity index (χ3n) is 5.95. The Bertz CT molecular complexity index is 1450. The lowest BCUT2D eigenvalue weighted by Crippen LogP contribution is -2.33. The number of rotatable bonds is 7. The monoisotopic (exact) mass is 503 g/mol. The van der Waals surface area contributed by atoms with Gasteiger partial charge < -0.3 is 5.73 Å². The topological polar surface area (TPSA) is 107 Å². The maximum absolute atomic E-state index is 13.8. The molecule has 0 aliphatic carbocycles. The van der Waals surface area contributed by atoms with Crippen LogP contribution in [-0.4, -0.2) is 16.1 Å². The molecule has 0 aliphatic rings. The molecule has 7 heteroatoms. The second-order valence-electron chi connectivity index (χ2n) is 8.31. The molecule has 0 spiro atoms. The molecular weight excluding hydrogens is 478 g/mol. The van der Waals surface area contributed by atoms with E-state index in [0.29, 0.717) is 16.2 Å². The van der Waals surface area contributed by atoms with E-state index in [2.05, 4.69) is 24.0 Å². The summed E-state index contributed by atoms with van der Waals surface area (Å²) in [5, 5.41) is 19.7. The van der Waals surface area contributed by atoms with Crippen LogP contribution in [0.15, 0.2) is 90.0 Å². The number of carbonyl (C=O) groups is 1. The molecule has 6 nitrogen and oxygen atoms in total. The van der Waals surface area contributed by atoms with Gasteiger partial charge in [-0.1, -0.05) is 79.3 Å². The van der Waals surface area contributed by atoms with Crippen molar-refractivity contribution in [2.75, 3.05) is 10.6 Å². The number of nitriles is 2. The van der Waals surface area contributed by atoms with Crippen LogP contribution in [0.5, 0.6) is 0 Å². The van der Waals surface area contributed by atoms with Crippen LogP contribution < -0.4 is 10.6 Å². The fourth-order valence-corrected chi connectivity index (χ4v) is 4.99. The Morgan fingerprint density at radius 2 is 1.46 bits per heavy atom. The molecule has 4 aromatic rings. The van der Waals surface area contributed by atoms with Gasteiger partial charge in [0, 0.05) is 16.9 Å². The number of thioether (sulfide) groups is 1. The molecule has 1 amide bonds. The first-order chi connectivity index (χ1) is 18.0. The van der Waals surface area contributed by atoms with Crippen LogP contribution >= 0.6 is 11.8 Å². The van der Waals surface area contributed by atoms with E-state index in [1.165, 1.54) is 0 Å². The van der Waals surface area contributed by atoms with Crippen LogP contribution in [0.1, 0.15) is 30.5 Å². The van der Waals surface area contributed by atoms with Crippen molar-refractivity contribution in [1.29, 1.82) is 10.5 Å². The molecule has 3 aromatic carbocycles. The quantitative estimate of drug-likeness (QED) is 0.289. The Balaban J connectivity index is 1.76. The highest BCUT2D eigenvalue weighted by Crippen LogP contribution is 2.38. The summed E-state index contributed by atoms with van der Waals surface area (Å²) in [5.74, 6) is -0.147. The van der Waals surface area contributed by atoms with Crippen LogP contribution in [-0.2, 0) is 11.2 Å². The number of hydrogen-bond donors (Lipinski definition) is 1. The van der Waals surface area contributed by atoms with Gasteiger partial charge in [0.2, 0.25) is 5.91 Å². The first-order valence-electron chi connectivity index (χ1n) is 11.8. The predicted octanol–water partition coefficient (Wildman–Crippen LogP) is 6.48. The molecular formula is C30H25N5OS. The summed E-state index contributed by atoms with van der Waals surface area (Å²) in [7, 11) is 0. The van der Waals surface area contributed by atoms with Crippen LogP contribution in [0.2, 0.25) is 0 Å². The van der Waals surface area contributed by atoms with Crippen molar-refractivity contribution in [3.05, 3.63) is 102 Å². The lowest BCUT2D eigenvalue weighted by atomic mass is 9.96. The SMILES string of the molecule is CCc1ccc(-c2c(C#N)c(N)nc(SC(C)C(=O)N(c3ccccc3)c3ccccc3)c2C#N)cc1. The van der Waals surface area contributed by atoms with Crippen LogP contribution in [0.25, 0.3) is 11.1 Å². The van der Waals surface area contributed by atoms with Crippen LogP contribution in [0.4, 0.5) is 17.2 Å². The van der Waals surface area contributed by atoms with E-state index in [0.717, 1.165) is 35.1 Å². The number of aryl methyl sites for hydroxylation is 1. The molecule has 1 unspecified atom stereocenters. The van der Waals surface area contributed by atoms with Gasteiger partial charge in [-0.05, 0) is 48.7 Å². The molecule has 37 heavy (non-hydrogen) atoms. The van der Waals surface area contributed by atoms with Crippen molar-refractivity contribution >= 4 is 34.9 Å². The highest BCUT2D eigenvalue weighted by Gasteiger charge is 2.28. The van der Waals surface area contributed by atoms with E-state index in [1.807, 2.05) is 84.9 Å². The minimum atomic E-state index is -0.609. The standard InChI is InChI=1S/C30H25N5OS/c1-3-21-14-16-22(17-15-21)27-25(18-31)28(33)34-29(26(27)19-32)37-20(2)30(36)35(23-10-6-4-7-11-23)24-12-8-5-9-13-24/h4-17,20H,3H2,1-2H3,(H2,33,34). The highest BCUT2D eigenvalue weighted by atomic mass is 32.2. The van der Waals surface area contributed by atoms with Crippen LogP contribution in [0, 0.1) is 22.7 Å². The molecule has 1 aromatic heterocycles. The van der Waals surface area contributed by atoms with Gasteiger partial charge in [0.25, 0.3) is 0 Å². The smallest absolute Gasteiger partial charge is 0.244 e. The number of aromatic nitrogens is 1. The Hall–Kier alpha value is -4.59. The third-order valence-corrected chi connectivity index (χ3v) is 7.03. The van der Waals surface area contributed by atoms with Gasteiger partial charge in [-0.15, -0.1) is 0 Å². The minimum Gasteiger partial charge on any atom is -0.383 e. The fraction of sp³-hybridized carbons (Fsp3) is 0.133. The molecule has 182 valence electrons. The van der Waals surface area contributed by atoms with Crippen molar-refractivity contribution in [3.8, 4) is 23.3 Å². The number of hydrogen-bond acceptors (Lipinski definition) is 6. The Morgan fingerprint density at radius 1 is 0.919 bits per heavy atom. The largest absolute Gasteiger partial charge is 0.383 e. The van der Waals surface area contributed by atoms with Gasteiger partial charge in [-0.2, -0.15) is 10.5 Å². The normalized spacial score (nSPS) is 11.2. The third kappa shape index (κ3) is 5.33. The zero-order valence-electron chi connectivity index (χ0n) is 20.6. The summed E-state index contributed by atoms with van der Waals surface area (Å²) < 4.78 is 0. The number of benzene rings is 3. The van der Waals surface area contributed by atoms with Crippen molar-refractivity contribution < 1.29 is 4.79 Å². The average Bonchev–Trinajstić information content (AvgIpc) is 2.94. The maximum Gasteiger partial charge on any atom is 0.244 e. The van der Waals surface area contributed by atoms with Gasteiger partial charge in [-0.25, -0.2) is 4.98 Å². The lowest BCUT2D eigenvalue weighted by molar-refractivity contribution is -0.117. The molecule has 0 saturated carbocycles. The zero-order valence-corrected chi connectivity index (χ0v) is 21.4. The summed E-state index contributed by atoms with van der Waals surface area (Å²) >= 11 is 1.16. The van der Waals surface area contributed by atoms with Gasteiger partial charge >= 0.3 is 0 Å². The molecule has 1 heterocycles. The number of anilines is 3. The summed E-state index contributed by atoms with van der Waals surface area (Å²) in [4.78, 5) is 19.8. The molecule has 1 atom stereocenters. The second-order valence-corrected chi connectivity index (χ2v) is 9.64. The van der Waals surface area contributed by atoms with E-state index in [4.69, 9.17) is 5.73 Å². The summed E-state index contributed by atoms with van der Waals surface area (Å²) in [6.45, 7) is 3.83. The summed E-state index contributed by atoms with van der Waals surface area (Å²) in [6.07, 6.45) is 0.870. The molecule has 0 fully saturated rings. The molecule has 0 radical (unpaired) electrons. The first-order valence-corrected chi connectivity index (χ1v) is 12.7. The van der Waals surface area contributed by atoms with E-state index in [9.17, 15) is 15.3 Å². The Labute approximate surface area is 221 Å². The predicted molar refractivity (Wildman–Crippen MR) is 148 cm³/mol. The van der Waals surface area contributed by atoms with Gasteiger partial charge in [-0.3, -0.25) is 9.69 Å². The van der Waals surface area contributed by atoms with Gasteiger partial charge in [0.15, 0.2) is 0 Å². The molecule has 0 aliphatic heterocycles. The number of amides is 1. The number of nitrogens with two attached hydrogens (primary N) is 1. The molecule has 0 bridgehead atoms. The Morgan fingerprint density at radius 3 is 1.95 bits per heavy atom. The van der Waals surface area contributed by atoms with Gasteiger partial charge in [0.1, 0.15) is 28.5 Å². The number of pyridine rings is 1. The lowest BCUT2D eigenvalue weighted by Gasteiger charge is -2.26. The number of carbonyl (C=O) groups excluding carboxylic acids is 1. The minimum absolute atomic E-state index is 0.0289. The molecule has 2 N–H and O–H groups in total. The maximum atomic E-state index is 13.8.